The minimum Gasteiger partial charge on any atom is -0.478 e. The van der Waals surface area contributed by atoms with Crippen LogP contribution in [0.15, 0.2) is 30.5 Å². The summed E-state index contributed by atoms with van der Waals surface area (Å²) in [5, 5.41) is 9.57. The van der Waals surface area contributed by atoms with Gasteiger partial charge in [0.1, 0.15) is 11.5 Å². The van der Waals surface area contributed by atoms with E-state index in [1.807, 2.05) is 6.92 Å². The molecular weight excluding hydrogens is 323 g/mol. The molecule has 0 aliphatic heterocycles. The van der Waals surface area contributed by atoms with E-state index < -0.39 is 17.7 Å². The summed E-state index contributed by atoms with van der Waals surface area (Å²) in [6.45, 7) is 1.83. The lowest BCUT2D eigenvalue weighted by atomic mass is 10.0. The Morgan fingerprint density at radius 1 is 1.21 bits per heavy atom. The Morgan fingerprint density at radius 2 is 1.88 bits per heavy atom. The largest absolute Gasteiger partial charge is 0.478 e. The molecule has 0 atom stereocenters. The van der Waals surface area contributed by atoms with Crippen molar-refractivity contribution in [3.8, 4) is 11.3 Å². The summed E-state index contributed by atoms with van der Waals surface area (Å²) in [5.41, 5.74) is 0.230. The van der Waals surface area contributed by atoms with Crippen LogP contribution in [0.25, 0.3) is 22.3 Å². The summed E-state index contributed by atoms with van der Waals surface area (Å²) in [6, 6.07) is 4.45. The van der Waals surface area contributed by atoms with Gasteiger partial charge in [-0.05, 0) is 12.1 Å². The van der Waals surface area contributed by atoms with Crippen LogP contribution >= 0.6 is 0 Å². The van der Waals surface area contributed by atoms with Crippen molar-refractivity contribution < 1.29 is 23.1 Å². The highest BCUT2D eigenvalue weighted by Gasteiger charge is 2.30. The van der Waals surface area contributed by atoms with Gasteiger partial charge in [0.15, 0.2) is 0 Å². The smallest absolute Gasteiger partial charge is 0.416 e. The van der Waals surface area contributed by atoms with Gasteiger partial charge in [0.25, 0.3) is 0 Å². The Morgan fingerprint density at radius 3 is 2.42 bits per heavy atom. The highest BCUT2D eigenvalue weighted by molar-refractivity contribution is 6.07. The predicted molar refractivity (Wildman–Crippen MR) is 80.7 cm³/mol. The lowest BCUT2D eigenvalue weighted by Crippen LogP contribution is -2.04. The van der Waals surface area contributed by atoms with Crippen molar-refractivity contribution in [1.82, 2.24) is 15.0 Å². The van der Waals surface area contributed by atoms with E-state index in [9.17, 15) is 23.1 Å². The number of aromatic amines is 1. The van der Waals surface area contributed by atoms with Gasteiger partial charge in [-0.3, -0.25) is 0 Å². The lowest BCUT2D eigenvalue weighted by Gasteiger charge is -2.09. The van der Waals surface area contributed by atoms with Gasteiger partial charge in [0.05, 0.1) is 22.2 Å². The van der Waals surface area contributed by atoms with Crippen molar-refractivity contribution in [2.45, 2.75) is 19.5 Å². The number of aromatic carboxylic acids is 1. The molecule has 2 aromatic heterocycles. The van der Waals surface area contributed by atoms with E-state index in [4.69, 9.17) is 0 Å². The van der Waals surface area contributed by atoms with E-state index in [-0.39, 0.29) is 10.9 Å². The van der Waals surface area contributed by atoms with Gasteiger partial charge in [-0.1, -0.05) is 19.1 Å². The molecule has 0 bridgehead atoms. The summed E-state index contributed by atoms with van der Waals surface area (Å²) in [6.07, 6.45) is -2.63. The Balaban J connectivity index is 2.24. The summed E-state index contributed by atoms with van der Waals surface area (Å²) in [7, 11) is 0. The molecule has 0 amide bonds. The minimum atomic E-state index is -4.44. The first-order chi connectivity index (χ1) is 11.3. The van der Waals surface area contributed by atoms with Crippen molar-refractivity contribution in [3.63, 3.8) is 0 Å². The molecule has 3 rings (SSSR count). The maximum absolute atomic E-state index is 12.7. The number of benzene rings is 1. The molecule has 0 aliphatic rings. The minimum absolute atomic E-state index is 0.0254. The van der Waals surface area contributed by atoms with Crippen LogP contribution in [0.1, 0.15) is 28.7 Å². The summed E-state index contributed by atoms with van der Waals surface area (Å²) >= 11 is 0. The lowest BCUT2D eigenvalue weighted by molar-refractivity contribution is -0.137. The van der Waals surface area contributed by atoms with Gasteiger partial charge in [-0.15, -0.1) is 0 Å². The Bertz CT molecular complexity index is 915. The Labute approximate surface area is 134 Å². The van der Waals surface area contributed by atoms with Crippen LogP contribution in [0.5, 0.6) is 0 Å². The van der Waals surface area contributed by atoms with Gasteiger partial charge < -0.3 is 10.1 Å². The quantitative estimate of drug-likeness (QED) is 0.761. The number of hydrogen-bond acceptors (Lipinski definition) is 3. The number of alkyl halides is 3. The number of halogens is 3. The summed E-state index contributed by atoms with van der Waals surface area (Å²) in [4.78, 5) is 22.7. The summed E-state index contributed by atoms with van der Waals surface area (Å²) < 4.78 is 38.1. The number of carboxylic acids is 1. The second-order valence-electron chi connectivity index (χ2n) is 5.15. The third-order valence-electron chi connectivity index (χ3n) is 3.61. The monoisotopic (exact) mass is 335 g/mol. The standard InChI is InChI=1S/C16H12F3N3O2/c1-2-11-21-13(8-3-5-9(6-4-8)16(17,18)19)12-10(15(23)24)7-20-14(12)22-11/h3-7H,2H2,1H3,(H,23,24)(H,20,21,22). The fourth-order valence-electron chi connectivity index (χ4n) is 2.43. The normalized spacial score (nSPS) is 11.8. The molecule has 0 radical (unpaired) electrons. The molecule has 0 saturated carbocycles. The molecule has 0 fully saturated rings. The zero-order valence-electron chi connectivity index (χ0n) is 12.5. The van der Waals surface area contributed by atoms with E-state index in [1.165, 1.54) is 18.3 Å². The molecule has 0 spiro atoms. The molecule has 24 heavy (non-hydrogen) atoms. The topological polar surface area (TPSA) is 78.9 Å². The molecule has 8 heteroatoms. The van der Waals surface area contributed by atoms with E-state index in [2.05, 4.69) is 15.0 Å². The fraction of sp³-hybridized carbons (Fsp3) is 0.188. The van der Waals surface area contributed by atoms with Crippen LogP contribution in [0.3, 0.4) is 0 Å². The zero-order valence-corrected chi connectivity index (χ0v) is 12.5. The molecule has 5 nitrogen and oxygen atoms in total. The fourth-order valence-corrected chi connectivity index (χ4v) is 2.43. The van der Waals surface area contributed by atoms with Crippen molar-refractivity contribution in [1.29, 1.82) is 0 Å². The predicted octanol–water partition coefficient (Wildman–Crippen LogP) is 3.90. The number of aryl methyl sites for hydroxylation is 1. The summed E-state index contributed by atoms with van der Waals surface area (Å²) in [5.74, 6) is -0.696. The second kappa shape index (κ2) is 5.63. The molecular formula is C16H12F3N3O2. The molecule has 124 valence electrons. The second-order valence-corrected chi connectivity index (χ2v) is 5.15. The van der Waals surface area contributed by atoms with Gasteiger partial charge in [0.2, 0.25) is 0 Å². The highest BCUT2D eigenvalue weighted by atomic mass is 19.4. The van der Waals surface area contributed by atoms with Crippen LogP contribution < -0.4 is 0 Å². The number of nitrogens with zero attached hydrogens (tertiary/aromatic N) is 2. The molecule has 3 aromatic rings. The van der Waals surface area contributed by atoms with E-state index in [1.54, 1.807) is 0 Å². The van der Waals surface area contributed by atoms with Gasteiger partial charge in [-0.2, -0.15) is 13.2 Å². The number of fused-ring (bicyclic) bond motifs is 1. The van der Waals surface area contributed by atoms with E-state index in [0.717, 1.165) is 12.1 Å². The Hall–Kier alpha value is -2.90. The van der Waals surface area contributed by atoms with Gasteiger partial charge in [-0.25, -0.2) is 14.8 Å². The van der Waals surface area contributed by atoms with Gasteiger partial charge in [0, 0.05) is 18.2 Å². The molecule has 1 aromatic carbocycles. The number of nitrogens with one attached hydrogen (secondary N) is 1. The van der Waals surface area contributed by atoms with Crippen LogP contribution in [0.2, 0.25) is 0 Å². The first-order valence-electron chi connectivity index (χ1n) is 7.10. The first-order valence-corrected chi connectivity index (χ1v) is 7.10. The molecule has 2 N–H and O–H groups in total. The van der Waals surface area contributed by atoms with Crippen molar-refractivity contribution in [2.75, 3.05) is 0 Å². The molecule has 0 aliphatic carbocycles. The number of H-pyrrole nitrogens is 1. The van der Waals surface area contributed by atoms with Crippen LogP contribution in [0.4, 0.5) is 13.2 Å². The maximum atomic E-state index is 12.7. The SMILES string of the molecule is CCc1nc(-c2ccc(C(F)(F)F)cc2)c2c(C(=O)O)c[nH]c2n1. The highest BCUT2D eigenvalue weighted by Crippen LogP contribution is 2.33. The third kappa shape index (κ3) is 2.70. The zero-order chi connectivity index (χ0) is 17.5. The van der Waals surface area contributed by atoms with E-state index >= 15 is 0 Å². The molecule has 0 saturated heterocycles. The number of carbonyl (C=O) groups is 1. The number of aromatic nitrogens is 3. The Kier molecular flexibility index (Phi) is 3.75. The van der Waals surface area contributed by atoms with Crippen molar-refractivity contribution >= 4 is 17.0 Å². The first kappa shape index (κ1) is 16.0. The number of hydrogen-bond donors (Lipinski definition) is 2. The number of carboxylic acid groups (broad SMARTS) is 1. The van der Waals surface area contributed by atoms with Gasteiger partial charge >= 0.3 is 12.1 Å². The van der Waals surface area contributed by atoms with Crippen LogP contribution in [-0.4, -0.2) is 26.0 Å². The molecule has 2 heterocycles. The van der Waals surface area contributed by atoms with Crippen LogP contribution in [0, 0.1) is 0 Å². The molecule has 0 unspecified atom stereocenters. The van der Waals surface area contributed by atoms with Crippen LogP contribution in [-0.2, 0) is 12.6 Å². The van der Waals surface area contributed by atoms with E-state index in [0.29, 0.717) is 29.1 Å². The number of rotatable bonds is 3. The van der Waals surface area contributed by atoms with Crippen molar-refractivity contribution in [2.24, 2.45) is 0 Å². The average molecular weight is 335 g/mol. The maximum Gasteiger partial charge on any atom is 0.416 e. The third-order valence-corrected chi connectivity index (χ3v) is 3.61. The average Bonchev–Trinajstić information content (AvgIpc) is 2.97. The van der Waals surface area contributed by atoms with Crippen molar-refractivity contribution in [3.05, 3.63) is 47.4 Å².